The summed E-state index contributed by atoms with van der Waals surface area (Å²) in [6.45, 7) is 3.09. The maximum absolute atomic E-state index is 12.9. The molecule has 1 aliphatic heterocycles. The zero-order valence-electron chi connectivity index (χ0n) is 16.6. The van der Waals surface area contributed by atoms with Crippen LogP contribution >= 0.6 is 0 Å². The van der Waals surface area contributed by atoms with Gasteiger partial charge in [-0.05, 0) is 56.0 Å². The second-order valence-electron chi connectivity index (χ2n) is 8.02. The number of likely N-dealkylation sites (N-methyl/N-ethyl adjacent to an activating group) is 1. The molecule has 1 aliphatic carbocycles. The third-order valence-corrected chi connectivity index (χ3v) is 6.21. The van der Waals surface area contributed by atoms with Crippen molar-refractivity contribution < 1.29 is 14.3 Å². The number of ether oxygens (including phenoxy) is 1. The number of benzene rings is 2. The van der Waals surface area contributed by atoms with E-state index in [9.17, 15) is 9.59 Å². The molecule has 0 saturated carbocycles. The highest BCUT2D eigenvalue weighted by Gasteiger charge is 2.35. The standard InChI is InChI=1S/C24H27NO3/c1-16(17-7-4-3-5-8-17)18-10-12-20-19(15-18)11-13-22(23(20)26)28-24(27)21-9-6-14-25(21)2/h3-5,7-8,10,12,15-16,21-22H,6,9,11,13-14H2,1-2H3. The molecular weight excluding hydrogens is 350 g/mol. The lowest BCUT2D eigenvalue weighted by Gasteiger charge is -2.27. The lowest BCUT2D eigenvalue weighted by atomic mass is 9.84. The fraction of sp³-hybridized carbons (Fsp3) is 0.417. The molecule has 0 bridgehead atoms. The predicted octanol–water partition coefficient (Wildman–Crippen LogP) is 3.97. The third-order valence-electron chi connectivity index (χ3n) is 6.21. The molecule has 0 amide bonds. The molecule has 0 radical (unpaired) electrons. The number of Topliss-reactive ketones (excluding diaryl/α,β-unsaturated/α-hetero) is 1. The second kappa shape index (κ2) is 7.88. The van der Waals surface area contributed by atoms with Gasteiger partial charge >= 0.3 is 5.97 Å². The van der Waals surface area contributed by atoms with Gasteiger partial charge in [0.15, 0.2) is 6.10 Å². The minimum atomic E-state index is -0.647. The van der Waals surface area contributed by atoms with Crippen LogP contribution in [-0.2, 0) is 16.0 Å². The van der Waals surface area contributed by atoms with E-state index in [2.05, 4.69) is 37.3 Å². The Kier molecular flexibility index (Phi) is 5.31. The van der Waals surface area contributed by atoms with Gasteiger partial charge in [0, 0.05) is 11.5 Å². The normalized spacial score (nSPS) is 23.3. The fourth-order valence-corrected chi connectivity index (χ4v) is 4.39. The highest BCUT2D eigenvalue weighted by atomic mass is 16.5. The summed E-state index contributed by atoms with van der Waals surface area (Å²) in [5, 5.41) is 0. The van der Waals surface area contributed by atoms with Crippen molar-refractivity contribution in [3.8, 4) is 0 Å². The predicted molar refractivity (Wildman–Crippen MR) is 109 cm³/mol. The fourth-order valence-electron chi connectivity index (χ4n) is 4.39. The number of nitrogens with zero attached hydrogens (tertiary/aromatic N) is 1. The SMILES string of the molecule is CC(c1ccccc1)c1ccc2c(c1)CCC(OC(=O)C1CCCN1C)C2=O. The summed E-state index contributed by atoms with van der Waals surface area (Å²) in [4.78, 5) is 27.4. The third kappa shape index (κ3) is 3.61. The number of ketones is 1. The van der Waals surface area contributed by atoms with Gasteiger partial charge in [-0.2, -0.15) is 0 Å². The molecule has 4 nitrogen and oxygen atoms in total. The zero-order chi connectivity index (χ0) is 19.7. The van der Waals surface area contributed by atoms with Gasteiger partial charge in [0.05, 0.1) is 0 Å². The van der Waals surface area contributed by atoms with Crippen LogP contribution in [0.4, 0.5) is 0 Å². The summed E-state index contributed by atoms with van der Waals surface area (Å²) in [5.41, 5.74) is 4.24. The average molecular weight is 377 g/mol. The molecule has 2 aromatic carbocycles. The van der Waals surface area contributed by atoms with Crippen molar-refractivity contribution in [2.24, 2.45) is 0 Å². The molecule has 0 N–H and O–H groups in total. The van der Waals surface area contributed by atoms with Crippen LogP contribution in [0.15, 0.2) is 48.5 Å². The first-order chi connectivity index (χ1) is 13.5. The molecule has 4 heteroatoms. The number of carbonyl (C=O) groups is 2. The number of rotatable bonds is 4. The number of hydrogen-bond acceptors (Lipinski definition) is 4. The van der Waals surface area contributed by atoms with Gasteiger partial charge in [-0.15, -0.1) is 0 Å². The molecule has 1 heterocycles. The molecule has 4 rings (SSSR count). The molecule has 1 fully saturated rings. The topological polar surface area (TPSA) is 46.6 Å². The summed E-state index contributed by atoms with van der Waals surface area (Å²) in [7, 11) is 1.94. The van der Waals surface area contributed by atoms with Gasteiger partial charge in [0.1, 0.15) is 6.04 Å². The molecule has 146 valence electrons. The van der Waals surface area contributed by atoms with Crippen molar-refractivity contribution in [2.75, 3.05) is 13.6 Å². The van der Waals surface area contributed by atoms with Gasteiger partial charge in [-0.1, -0.05) is 55.5 Å². The van der Waals surface area contributed by atoms with E-state index in [0.29, 0.717) is 12.0 Å². The summed E-state index contributed by atoms with van der Waals surface area (Å²) < 4.78 is 5.63. The maximum Gasteiger partial charge on any atom is 0.324 e. The van der Waals surface area contributed by atoms with Crippen molar-refractivity contribution in [3.63, 3.8) is 0 Å². The number of likely N-dealkylation sites (tertiary alicyclic amines) is 1. The van der Waals surface area contributed by atoms with Gasteiger partial charge < -0.3 is 4.74 Å². The summed E-state index contributed by atoms with van der Waals surface area (Å²) in [6, 6.07) is 16.3. The second-order valence-corrected chi connectivity index (χ2v) is 8.02. The lowest BCUT2D eigenvalue weighted by molar-refractivity contribution is -0.152. The van der Waals surface area contributed by atoms with Crippen LogP contribution in [-0.4, -0.2) is 42.4 Å². The van der Waals surface area contributed by atoms with Crippen LogP contribution in [0.1, 0.15) is 59.2 Å². The Morgan fingerprint density at radius 3 is 2.61 bits per heavy atom. The summed E-state index contributed by atoms with van der Waals surface area (Å²) >= 11 is 0. The molecule has 0 aromatic heterocycles. The van der Waals surface area contributed by atoms with Crippen LogP contribution in [0.25, 0.3) is 0 Å². The van der Waals surface area contributed by atoms with Crippen molar-refractivity contribution >= 4 is 11.8 Å². The smallest absolute Gasteiger partial charge is 0.324 e. The molecule has 2 aliphatic rings. The van der Waals surface area contributed by atoms with Gasteiger partial charge in [-0.3, -0.25) is 14.5 Å². The number of hydrogen-bond donors (Lipinski definition) is 0. The summed E-state index contributed by atoms with van der Waals surface area (Å²) in [5.74, 6) is -0.0414. The van der Waals surface area contributed by atoms with Gasteiger partial charge in [0.2, 0.25) is 5.78 Å². The van der Waals surface area contributed by atoms with Crippen molar-refractivity contribution in [3.05, 3.63) is 70.8 Å². The minimum absolute atomic E-state index is 0.0610. The van der Waals surface area contributed by atoms with Crippen LogP contribution < -0.4 is 0 Å². The van der Waals surface area contributed by atoms with Crippen molar-refractivity contribution in [1.29, 1.82) is 0 Å². The number of esters is 1. The van der Waals surface area contributed by atoms with E-state index in [1.165, 1.54) is 11.1 Å². The Morgan fingerprint density at radius 1 is 1.11 bits per heavy atom. The molecule has 28 heavy (non-hydrogen) atoms. The molecular formula is C24H27NO3. The first kappa shape index (κ1) is 18.9. The van der Waals surface area contributed by atoms with Gasteiger partial charge in [0.25, 0.3) is 0 Å². The summed E-state index contributed by atoms with van der Waals surface area (Å²) in [6.07, 6.45) is 2.49. The molecule has 2 aromatic rings. The van der Waals surface area contributed by atoms with E-state index in [0.717, 1.165) is 31.4 Å². The Hall–Kier alpha value is -2.46. The Balaban J connectivity index is 1.49. The average Bonchev–Trinajstić information content (AvgIpc) is 3.16. The first-order valence-electron chi connectivity index (χ1n) is 10.2. The van der Waals surface area contributed by atoms with Crippen molar-refractivity contribution in [1.82, 2.24) is 4.90 Å². The first-order valence-corrected chi connectivity index (χ1v) is 10.2. The zero-order valence-corrected chi connectivity index (χ0v) is 16.6. The van der Waals surface area contributed by atoms with E-state index in [1.807, 2.05) is 30.1 Å². The van der Waals surface area contributed by atoms with Crippen LogP contribution in [0.3, 0.4) is 0 Å². The molecule has 0 spiro atoms. The van der Waals surface area contributed by atoms with E-state index in [-0.39, 0.29) is 23.7 Å². The monoisotopic (exact) mass is 377 g/mol. The Labute approximate surface area is 166 Å². The molecule has 1 saturated heterocycles. The quantitative estimate of drug-likeness (QED) is 0.757. The highest BCUT2D eigenvalue weighted by molar-refractivity contribution is 6.02. The van der Waals surface area contributed by atoms with Crippen LogP contribution in [0.2, 0.25) is 0 Å². The van der Waals surface area contributed by atoms with E-state index < -0.39 is 6.10 Å². The Bertz CT molecular complexity index is 877. The molecule has 3 unspecified atom stereocenters. The van der Waals surface area contributed by atoms with E-state index in [1.54, 1.807) is 0 Å². The number of aryl methyl sites for hydroxylation is 1. The Morgan fingerprint density at radius 2 is 1.89 bits per heavy atom. The molecule has 3 atom stereocenters. The van der Waals surface area contributed by atoms with E-state index in [4.69, 9.17) is 4.74 Å². The minimum Gasteiger partial charge on any atom is -0.453 e. The van der Waals surface area contributed by atoms with Crippen LogP contribution in [0, 0.1) is 0 Å². The number of carbonyl (C=O) groups excluding carboxylic acids is 2. The lowest BCUT2D eigenvalue weighted by Crippen LogP contribution is -2.40. The van der Waals surface area contributed by atoms with Crippen LogP contribution in [0.5, 0.6) is 0 Å². The van der Waals surface area contributed by atoms with Gasteiger partial charge in [-0.25, -0.2) is 0 Å². The largest absolute Gasteiger partial charge is 0.453 e. The van der Waals surface area contributed by atoms with Crippen molar-refractivity contribution in [2.45, 2.75) is 50.7 Å². The number of fused-ring (bicyclic) bond motifs is 1. The van der Waals surface area contributed by atoms with E-state index >= 15 is 0 Å². The highest BCUT2D eigenvalue weighted by Crippen LogP contribution is 2.30. The maximum atomic E-state index is 12.9.